The summed E-state index contributed by atoms with van der Waals surface area (Å²) in [6.45, 7) is 6.19. The van der Waals surface area contributed by atoms with E-state index >= 15 is 0 Å². The first-order valence-corrected chi connectivity index (χ1v) is 16.6. The van der Waals surface area contributed by atoms with Gasteiger partial charge in [0.15, 0.2) is 0 Å². The maximum Gasteiger partial charge on any atom is 0.135 e. The SMILES string of the molecule is C/C=C(/N=C(CCc1ccccc1-c1ncccc1C)N=C(C)n1c2ccccc2c2ncccc21)n1c2ccccc2c2ncccc21. The molecule has 0 unspecified atom stereocenters. The number of aromatic nitrogens is 5. The fraction of sp³-hybridized carbons (Fsp3) is 0.119. The second-order valence-corrected chi connectivity index (χ2v) is 12.1. The Labute approximate surface area is 284 Å². The van der Waals surface area contributed by atoms with Crippen LogP contribution in [0.25, 0.3) is 61.0 Å². The quantitative estimate of drug-likeness (QED) is 0.135. The molecule has 5 aromatic heterocycles. The highest BCUT2D eigenvalue weighted by Crippen LogP contribution is 2.32. The van der Waals surface area contributed by atoms with E-state index in [9.17, 15) is 0 Å². The molecule has 0 aliphatic rings. The minimum absolute atomic E-state index is 0.613. The summed E-state index contributed by atoms with van der Waals surface area (Å²) in [6.07, 6.45) is 8.96. The third-order valence-electron chi connectivity index (χ3n) is 9.10. The largest absolute Gasteiger partial charge is 0.296 e. The molecule has 238 valence electrons. The van der Waals surface area contributed by atoms with E-state index in [0.29, 0.717) is 6.42 Å². The van der Waals surface area contributed by atoms with Gasteiger partial charge in [-0.3, -0.25) is 24.1 Å². The van der Waals surface area contributed by atoms with Gasteiger partial charge in [-0.05, 0) is 86.9 Å². The third-order valence-corrected chi connectivity index (χ3v) is 9.10. The molecular formula is C42H35N7. The van der Waals surface area contributed by atoms with Crippen molar-refractivity contribution in [3.8, 4) is 11.3 Å². The Morgan fingerprint density at radius 1 is 0.633 bits per heavy atom. The van der Waals surface area contributed by atoms with Crippen molar-refractivity contribution in [2.24, 2.45) is 9.98 Å². The number of pyridine rings is 3. The number of hydrogen-bond acceptors (Lipinski definition) is 4. The van der Waals surface area contributed by atoms with Crippen LogP contribution in [-0.4, -0.2) is 35.8 Å². The lowest BCUT2D eigenvalue weighted by atomic mass is 9.97. The number of fused-ring (bicyclic) bond motifs is 6. The topological polar surface area (TPSA) is 73.2 Å². The lowest BCUT2D eigenvalue weighted by Gasteiger charge is -2.13. The van der Waals surface area contributed by atoms with Crippen LogP contribution in [-0.2, 0) is 6.42 Å². The van der Waals surface area contributed by atoms with Gasteiger partial charge in [0.2, 0.25) is 0 Å². The van der Waals surface area contributed by atoms with E-state index < -0.39 is 0 Å². The maximum absolute atomic E-state index is 5.36. The molecule has 0 saturated carbocycles. The second kappa shape index (κ2) is 12.8. The number of hydrogen-bond donors (Lipinski definition) is 0. The summed E-state index contributed by atoms with van der Waals surface area (Å²) >= 11 is 0. The molecule has 0 saturated heterocycles. The number of amidine groups is 1. The van der Waals surface area contributed by atoms with E-state index in [1.165, 1.54) is 5.56 Å². The van der Waals surface area contributed by atoms with E-state index in [-0.39, 0.29) is 0 Å². The van der Waals surface area contributed by atoms with E-state index in [0.717, 1.165) is 84.6 Å². The minimum Gasteiger partial charge on any atom is -0.296 e. The first kappa shape index (κ1) is 30.1. The standard InChI is InChI=1S/C42H35N7/c1-4-39(49-35-20-10-8-18-33(35)42-37(49)22-13-27-45-42)47-38(24-23-30-15-5-6-16-31(30)40-28(2)14-11-25-43-40)46-29(3)48-34-19-9-7-17-32(34)41-36(48)21-12-26-44-41/h4-22,25-27H,23-24H2,1-3H3/b39-4-,46-29?,47-38?. The molecule has 0 atom stereocenters. The highest BCUT2D eigenvalue weighted by Gasteiger charge is 2.17. The molecule has 8 aromatic rings. The predicted molar refractivity (Wildman–Crippen MR) is 203 cm³/mol. The Bertz CT molecular complexity index is 2490. The zero-order chi connectivity index (χ0) is 33.3. The van der Waals surface area contributed by atoms with Crippen molar-refractivity contribution in [3.05, 3.63) is 145 Å². The number of rotatable bonds is 6. The van der Waals surface area contributed by atoms with Gasteiger partial charge in [0, 0.05) is 41.3 Å². The molecule has 7 heteroatoms. The van der Waals surface area contributed by atoms with Crippen LogP contribution >= 0.6 is 0 Å². The second-order valence-electron chi connectivity index (χ2n) is 12.1. The summed E-state index contributed by atoms with van der Waals surface area (Å²) in [5.41, 5.74) is 10.5. The first-order valence-electron chi connectivity index (χ1n) is 16.6. The van der Waals surface area contributed by atoms with Gasteiger partial charge in [-0.2, -0.15) is 0 Å². The molecule has 7 nitrogen and oxygen atoms in total. The van der Waals surface area contributed by atoms with Gasteiger partial charge in [0.1, 0.15) is 17.5 Å². The van der Waals surface area contributed by atoms with E-state index in [1.54, 1.807) is 0 Å². The number of nitrogens with zero attached hydrogens (tertiary/aromatic N) is 7. The number of para-hydroxylation sites is 2. The molecule has 0 radical (unpaired) electrons. The van der Waals surface area contributed by atoms with Gasteiger partial charge in [-0.1, -0.05) is 66.7 Å². The van der Waals surface area contributed by atoms with Gasteiger partial charge >= 0.3 is 0 Å². The van der Waals surface area contributed by atoms with E-state index in [4.69, 9.17) is 24.9 Å². The van der Waals surface area contributed by atoms with Gasteiger partial charge in [0.05, 0.1) is 38.8 Å². The van der Waals surface area contributed by atoms with Crippen LogP contribution in [0.3, 0.4) is 0 Å². The zero-order valence-corrected chi connectivity index (χ0v) is 27.7. The normalized spacial score (nSPS) is 12.9. The van der Waals surface area contributed by atoms with Crippen molar-refractivity contribution in [3.63, 3.8) is 0 Å². The molecule has 0 amide bonds. The van der Waals surface area contributed by atoms with E-state index in [1.807, 2.05) is 43.7 Å². The smallest absolute Gasteiger partial charge is 0.135 e. The lowest BCUT2D eigenvalue weighted by Crippen LogP contribution is -2.12. The number of aryl methyl sites for hydroxylation is 2. The Hall–Kier alpha value is -6.21. The van der Waals surface area contributed by atoms with Crippen LogP contribution in [0.15, 0.2) is 144 Å². The molecule has 0 bridgehead atoms. The molecule has 0 N–H and O–H groups in total. The Morgan fingerprint density at radius 2 is 1.20 bits per heavy atom. The minimum atomic E-state index is 0.613. The molecule has 49 heavy (non-hydrogen) atoms. The molecular weight excluding hydrogens is 603 g/mol. The Balaban J connectivity index is 1.29. The van der Waals surface area contributed by atoms with Crippen molar-refractivity contribution in [2.75, 3.05) is 0 Å². The van der Waals surface area contributed by atoms with Crippen LogP contribution in [0.1, 0.15) is 31.4 Å². The Morgan fingerprint density at radius 3 is 1.90 bits per heavy atom. The van der Waals surface area contributed by atoms with Crippen molar-refractivity contribution >= 4 is 61.4 Å². The van der Waals surface area contributed by atoms with Crippen molar-refractivity contribution < 1.29 is 0 Å². The molecule has 5 heterocycles. The van der Waals surface area contributed by atoms with Crippen molar-refractivity contribution in [1.29, 1.82) is 0 Å². The number of allylic oxidation sites excluding steroid dienone is 1. The molecule has 3 aromatic carbocycles. The molecule has 0 aliphatic heterocycles. The fourth-order valence-electron chi connectivity index (χ4n) is 6.90. The average Bonchev–Trinajstić information content (AvgIpc) is 3.66. The summed E-state index contributed by atoms with van der Waals surface area (Å²) in [5, 5.41) is 2.18. The summed E-state index contributed by atoms with van der Waals surface area (Å²) < 4.78 is 4.39. The number of benzene rings is 3. The van der Waals surface area contributed by atoms with E-state index in [2.05, 4.69) is 120 Å². The Kier molecular flexibility index (Phi) is 7.86. The highest BCUT2D eigenvalue weighted by molar-refractivity contribution is 6.14. The molecule has 0 spiro atoms. The first-order chi connectivity index (χ1) is 24.1. The van der Waals surface area contributed by atoms with Gasteiger partial charge < -0.3 is 0 Å². The van der Waals surface area contributed by atoms with Crippen molar-refractivity contribution in [2.45, 2.75) is 33.6 Å². The highest BCUT2D eigenvalue weighted by atomic mass is 15.2. The maximum atomic E-state index is 5.36. The summed E-state index contributed by atoms with van der Waals surface area (Å²) in [7, 11) is 0. The van der Waals surface area contributed by atoms with Crippen LogP contribution in [0.4, 0.5) is 0 Å². The monoisotopic (exact) mass is 637 g/mol. The number of aliphatic imine (C=N–C) groups is 2. The predicted octanol–water partition coefficient (Wildman–Crippen LogP) is 9.88. The van der Waals surface area contributed by atoms with Crippen LogP contribution in [0.5, 0.6) is 0 Å². The molecule has 0 fully saturated rings. The molecule has 8 rings (SSSR count). The third kappa shape index (κ3) is 5.39. The van der Waals surface area contributed by atoms with Gasteiger partial charge in [0.25, 0.3) is 0 Å². The van der Waals surface area contributed by atoms with Crippen LogP contribution < -0.4 is 0 Å². The van der Waals surface area contributed by atoms with Crippen LogP contribution in [0, 0.1) is 6.92 Å². The molecule has 0 aliphatic carbocycles. The summed E-state index contributed by atoms with van der Waals surface area (Å²) in [6, 6.07) is 37.5. The zero-order valence-electron chi connectivity index (χ0n) is 27.7. The van der Waals surface area contributed by atoms with Gasteiger partial charge in [-0.25, -0.2) is 9.98 Å². The average molecular weight is 638 g/mol. The van der Waals surface area contributed by atoms with Crippen LogP contribution in [0.2, 0.25) is 0 Å². The van der Waals surface area contributed by atoms with Crippen molar-refractivity contribution in [1.82, 2.24) is 24.1 Å². The van der Waals surface area contributed by atoms with Gasteiger partial charge in [-0.15, -0.1) is 0 Å². The fourth-order valence-corrected chi connectivity index (χ4v) is 6.90. The summed E-state index contributed by atoms with van der Waals surface area (Å²) in [4.78, 5) is 24.9. The lowest BCUT2D eigenvalue weighted by molar-refractivity contribution is 1.02. The summed E-state index contributed by atoms with van der Waals surface area (Å²) in [5.74, 6) is 2.34.